The van der Waals surface area contributed by atoms with Crippen molar-refractivity contribution >= 4 is 194 Å². The molecule has 0 atom stereocenters. The first-order valence-electron chi connectivity index (χ1n) is 27.7. The molecule has 0 saturated heterocycles. The highest BCUT2D eigenvalue weighted by molar-refractivity contribution is 7.19. The van der Waals surface area contributed by atoms with Crippen molar-refractivity contribution < 1.29 is 28.1 Å². The summed E-state index contributed by atoms with van der Waals surface area (Å²) in [5.74, 6) is 2.38. The number of aromatic hydroxyl groups is 1. The number of ether oxygens (including phenoxy) is 3. The lowest BCUT2D eigenvalue weighted by Crippen LogP contribution is -1.89. The number of halogens is 2. The molecule has 93 heavy (non-hydrogen) atoms. The van der Waals surface area contributed by atoms with Gasteiger partial charge >= 0.3 is 0 Å². The van der Waals surface area contributed by atoms with Crippen LogP contribution in [-0.2, 0) is 0 Å². The number of rotatable bonds is 4. The van der Waals surface area contributed by atoms with E-state index in [4.69, 9.17) is 19.3 Å². The molecule has 6 aromatic carbocycles. The Labute approximate surface area is 566 Å². The van der Waals surface area contributed by atoms with Crippen LogP contribution >= 0.6 is 102 Å². The summed E-state index contributed by atoms with van der Waals surface area (Å²) in [6.45, 7) is 6.78. The van der Waals surface area contributed by atoms with Gasteiger partial charge in [-0.1, -0.05) is 12.1 Å². The number of aryl methyl sites for hydroxylation is 2. The molecule has 0 radical (unpaired) electrons. The Kier molecular flexibility index (Phi) is 24.4. The average Bonchev–Trinajstić information content (AvgIpc) is 3.54. The van der Waals surface area contributed by atoms with E-state index in [0.29, 0.717) is 22.9 Å². The van der Waals surface area contributed by atoms with Crippen LogP contribution in [-0.4, -0.2) is 85.7 Å². The number of phenols is 1. The molecule has 0 aliphatic carbocycles. The van der Waals surface area contributed by atoms with Crippen LogP contribution < -0.4 is 14.2 Å². The Balaban J connectivity index is 0.000000115. The normalized spacial score (nSPS) is 10.4. The van der Waals surface area contributed by atoms with Crippen molar-refractivity contribution in [2.45, 2.75) is 20.8 Å². The smallest absolute Gasteiger partial charge is 0.214 e. The van der Waals surface area contributed by atoms with Gasteiger partial charge in [0.25, 0.3) is 0 Å². The largest absolute Gasteiger partial charge is 0.508 e. The van der Waals surface area contributed by atoms with Gasteiger partial charge in [0.15, 0.2) is 0 Å². The molecule has 0 aliphatic rings. The molecule has 1 N–H and O–H groups in total. The lowest BCUT2D eigenvalue weighted by Gasteiger charge is -2.00. The van der Waals surface area contributed by atoms with Gasteiger partial charge < -0.3 is 19.3 Å². The van der Waals surface area contributed by atoms with E-state index in [1.165, 1.54) is 83.2 Å². The molecule has 0 aliphatic heterocycles. The van der Waals surface area contributed by atoms with Gasteiger partial charge in [0.05, 0.1) is 143 Å². The average molecular weight is 1400 g/mol. The Morgan fingerprint density at radius 3 is 1.45 bits per heavy atom. The second-order valence-corrected chi connectivity index (χ2v) is 26.5. The Morgan fingerprint density at radius 2 is 0.849 bits per heavy atom. The van der Waals surface area contributed by atoms with Crippen LogP contribution in [0.1, 0.15) is 18.2 Å². The van der Waals surface area contributed by atoms with E-state index < -0.39 is 0 Å². The van der Waals surface area contributed by atoms with Crippen LogP contribution in [0.2, 0.25) is 0 Å². The van der Waals surface area contributed by atoms with Crippen LogP contribution in [0, 0.1) is 25.5 Å². The predicted octanol–water partition coefficient (Wildman–Crippen LogP) is 19.9. The van der Waals surface area contributed by atoms with Gasteiger partial charge in [0.1, 0.15) is 48.9 Å². The molecular formula is C66H52F2N12O4S9. The highest BCUT2D eigenvalue weighted by atomic mass is 32.1. The van der Waals surface area contributed by atoms with E-state index in [-0.39, 0.29) is 11.6 Å². The molecule has 18 rings (SSSR count). The topological polar surface area (TPSA) is 203 Å². The third-order valence-corrected chi connectivity index (χ3v) is 19.4. The van der Waals surface area contributed by atoms with Crippen molar-refractivity contribution in [3.63, 3.8) is 0 Å². The van der Waals surface area contributed by atoms with Gasteiger partial charge in [-0.25, -0.2) is 68.6 Å². The first kappa shape index (κ1) is 66.8. The van der Waals surface area contributed by atoms with Crippen molar-refractivity contribution in [2.75, 3.05) is 20.8 Å². The second kappa shape index (κ2) is 33.9. The molecule has 0 unspecified atom stereocenters. The van der Waals surface area contributed by atoms with Crippen molar-refractivity contribution in [3.05, 3.63) is 224 Å². The van der Waals surface area contributed by atoms with Crippen LogP contribution in [0.15, 0.2) is 201 Å². The fraction of sp³-hybridized carbons (Fsp3) is 0.0909. The molecule has 0 saturated carbocycles. The number of hydrogen-bond donors (Lipinski definition) is 1. The van der Waals surface area contributed by atoms with Crippen LogP contribution in [0.4, 0.5) is 8.78 Å². The van der Waals surface area contributed by atoms with Crippen molar-refractivity contribution in [1.82, 2.24) is 59.8 Å². The molecule has 0 amide bonds. The molecule has 16 nitrogen and oxygen atoms in total. The van der Waals surface area contributed by atoms with Gasteiger partial charge in [0, 0.05) is 18.0 Å². The van der Waals surface area contributed by atoms with Gasteiger partial charge in [0.2, 0.25) is 5.88 Å². The maximum absolute atomic E-state index is 12.8. The summed E-state index contributed by atoms with van der Waals surface area (Å²) in [6.07, 6.45) is 1.78. The van der Waals surface area contributed by atoms with E-state index in [0.717, 1.165) is 90.7 Å². The predicted molar refractivity (Wildman–Crippen MR) is 385 cm³/mol. The highest BCUT2D eigenvalue weighted by Gasteiger charge is 2.04. The van der Waals surface area contributed by atoms with E-state index in [9.17, 15) is 8.78 Å². The minimum absolute atomic E-state index is 0.181. The SMILES string of the molecule is CCOc1ccc2ncsc2c1.COc1ccc2ncsc2c1.COc1ccc2ncsc2n1.Cc1ccc2ncsc2c1.Cc1ccc2ncsc2n1.Fc1ccc2ncsc2c1.Fc1cccc2ncsc12.Oc1ccc2ncsc2c1.c1cnc2scnc2c1. The zero-order valence-electron chi connectivity index (χ0n) is 49.8. The first-order chi connectivity index (χ1) is 45.5. The van der Waals surface area contributed by atoms with Crippen LogP contribution in [0.5, 0.6) is 23.1 Å². The lowest BCUT2D eigenvalue weighted by molar-refractivity contribution is 0.341. The fourth-order valence-corrected chi connectivity index (χ4v) is 14.2. The van der Waals surface area contributed by atoms with Gasteiger partial charge in [-0.15, -0.1) is 102 Å². The molecule has 12 aromatic heterocycles. The summed E-state index contributed by atoms with van der Waals surface area (Å²) in [6, 6.07) is 44.3. The van der Waals surface area contributed by atoms with Crippen molar-refractivity contribution in [2.24, 2.45) is 0 Å². The Morgan fingerprint density at radius 1 is 0.387 bits per heavy atom. The number of pyridine rings is 3. The van der Waals surface area contributed by atoms with E-state index >= 15 is 0 Å². The molecule has 0 bridgehead atoms. The third kappa shape index (κ3) is 19.2. The number of methoxy groups -OCH3 is 2. The second-order valence-electron chi connectivity index (χ2n) is 18.7. The molecule has 27 heteroatoms. The minimum atomic E-state index is -0.197. The number of fused-ring (bicyclic) bond motifs is 9. The quantitative estimate of drug-likeness (QED) is 0.174. The van der Waals surface area contributed by atoms with Crippen LogP contribution in [0.3, 0.4) is 0 Å². The van der Waals surface area contributed by atoms with E-state index in [1.807, 2.05) is 109 Å². The van der Waals surface area contributed by atoms with Crippen molar-refractivity contribution in [1.29, 1.82) is 0 Å². The number of phenolic OH excluding ortho intramolecular Hbond substituents is 1. The molecule has 468 valence electrons. The van der Waals surface area contributed by atoms with E-state index in [1.54, 1.807) is 141 Å². The summed E-state index contributed by atoms with van der Waals surface area (Å²) in [5.41, 5.74) is 27.1. The first-order valence-corrected chi connectivity index (χ1v) is 35.6. The van der Waals surface area contributed by atoms with Gasteiger partial charge in [-0.2, -0.15) is 0 Å². The zero-order valence-corrected chi connectivity index (χ0v) is 57.2. The summed E-state index contributed by atoms with van der Waals surface area (Å²) >= 11 is 13.9. The Bertz CT molecular complexity index is 4880. The summed E-state index contributed by atoms with van der Waals surface area (Å²) in [4.78, 5) is 52.4. The fourth-order valence-electron chi connectivity index (χ4n) is 7.94. The maximum atomic E-state index is 12.8. The number of benzene rings is 6. The monoisotopic (exact) mass is 1400 g/mol. The molecule has 12 heterocycles. The summed E-state index contributed by atoms with van der Waals surface area (Å²) < 4.78 is 46.9. The minimum Gasteiger partial charge on any atom is -0.508 e. The standard InChI is InChI=1S/C9H9NOS.C8H7NOS.C8H7NS.2C7H4FNS.C7H6N2OS.C7H6N2S.C7H5NOS.C6H4N2S/c1-2-11-7-3-4-8-9(5-7)12-6-10-8;1-10-6-2-3-7-8(4-6)11-5-9-7;1-6-2-3-7-8(4-6)10-5-9-7;8-5-1-2-6-7(3-5)10-4-9-6;8-5-2-1-3-6-7(5)10-4-9-6;1-10-6-3-2-5-7(9-6)11-4-8-5;1-5-2-3-6-7(9-5)10-4-8-6;9-5-1-2-6-7(3-5)10-4-8-6;1-2-5-6(7-3-1)9-4-8-5/h3-6H,2H2,1H3;2-5H,1H3;2-5H,1H3;2*1-4H;2-4H,1H3;2-4H,1H3;1-4,9H;1-4H. The number of aromatic nitrogens is 12. The third-order valence-electron chi connectivity index (χ3n) is 12.4. The van der Waals surface area contributed by atoms with Crippen molar-refractivity contribution in [3.8, 4) is 23.1 Å². The molecule has 18 aromatic rings. The number of hydrogen-bond acceptors (Lipinski definition) is 25. The zero-order chi connectivity index (χ0) is 64.7. The summed E-state index contributed by atoms with van der Waals surface area (Å²) in [5, 5.41) is 9.03. The number of nitrogens with zero attached hydrogens (tertiary/aromatic N) is 12. The summed E-state index contributed by atoms with van der Waals surface area (Å²) in [7, 11) is 3.28. The molecular weight excluding hydrogens is 1350 g/mol. The molecule has 0 fully saturated rings. The molecule has 0 spiro atoms. The van der Waals surface area contributed by atoms with Gasteiger partial charge in [-0.05, 0) is 154 Å². The van der Waals surface area contributed by atoms with Gasteiger partial charge in [-0.3, -0.25) is 0 Å². The lowest BCUT2D eigenvalue weighted by atomic mass is 10.2. The highest BCUT2D eigenvalue weighted by Crippen LogP contribution is 2.27. The Hall–Kier alpha value is -9.16. The van der Waals surface area contributed by atoms with E-state index in [2.05, 4.69) is 84.9 Å². The maximum Gasteiger partial charge on any atom is 0.214 e. The van der Waals surface area contributed by atoms with Crippen LogP contribution in [0.25, 0.3) is 92.3 Å². The number of thiazole rings is 9.